The maximum Gasteiger partial charge on any atom is 0.240 e. The number of nitrogens with one attached hydrogen (secondary N) is 1. The highest BCUT2D eigenvalue weighted by atomic mass is 19.1. The molecular weight excluding hydrogens is 267 g/mol. The largest absolute Gasteiger partial charge is 0.273 e. The van der Waals surface area contributed by atoms with Gasteiger partial charge in [0.1, 0.15) is 5.82 Å². The molecule has 21 heavy (non-hydrogen) atoms. The highest BCUT2D eigenvalue weighted by Gasteiger charge is 2.00. The molecule has 1 amide bonds. The van der Waals surface area contributed by atoms with Crippen molar-refractivity contribution in [1.82, 2.24) is 5.43 Å². The Bertz CT molecular complexity index is 446. The first-order valence-corrected chi connectivity index (χ1v) is 7.80. The number of carbonyl (C=O) groups is 1. The van der Waals surface area contributed by atoms with Gasteiger partial charge in [0.15, 0.2) is 0 Å². The molecule has 0 atom stereocenters. The molecule has 4 heteroatoms. The third-order valence-corrected chi connectivity index (χ3v) is 3.31. The summed E-state index contributed by atoms with van der Waals surface area (Å²) in [7, 11) is 0. The Morgan fingerprint density at radius 3 is 2.52 bits per heavy atom. The van der Waals surface area contributed by atoms with E-state index in [0.29, 0.717) is 12.0 Å². The van der Waals surface area contributed by atoms with Gasteiger partial charge >= 0.3 is 0 Å². The number of halogens is 1. The molecule has 0 aliphatic rings. The Hall–Kier alpha value is -1.71. The third-order valence-electron chi connectivity index (χ3n) is 3.31. The first-order chi connectivity index (χ1) is 10.2. The Labute approximate surface area is 126 Å². The molecule has 0 fully saturated rings. The maximum atomic E-state index is 13.3. The number of rotatable bonds is 10. The Kier molecular flexibility index (Phi) is 9.09. The van der Waals surface area contributed by atoms with Crippen molar-refractivity contribution in [1.29, 1.82) is 0 Å². The van der Waals surface area contributed by atoms with Crippen LogP contribution in [0.1, 0.15) is 63.9 Å². The van der Waals surface area contributed by atoms with Crippen LogP contribution in [0.15, 0.2) is 29.4 Å². The van der Waals surface area contributed by atoms with E-state index in [-0.39, 0.29) is 11.7 Å². The number of hydrogen-bond donors (Lipinski definition) is 1. The molecule has 0 heterocycles. The molecule has 0 aliphatic carbocycles. The van der Waals surface area contributed by atoms with Crippen LogP contribution in [-0.4, -0.2) is 12.1 Å². The summed E-state index contributed by atoms with van der Waals surface area (Å²) in [6.07, 6.45) is 10.0. The number of unbranched alkanes of at least 4 members (excludes halogenated alkanes) is 6. The van der Waals surface area contributed by atoms with Gasteiger partial charge in [-0.25, -0.2) is 9.82 Å². The van der Waals surface area contributed by atoms with E-state index < -0.39 is 0 Å². The number of hydrogen-bond acceptors (Lipinski definition) is 2. The molecule has 0 aromatic heterocycles. The molecule has 1 N–H and O–H groups in total. The van der Waals surface area contributed by atoms with E-state index in [1.165, 1.54) is 44.4 Å². The van der Waals surface area contributed by atoms with Crippen LogP contribution in [0.25, 0.3) is 0 Å². The van der Waals surface area contributed by atoms with Gasteiger partial charge in [0.25, 0.3) is 0 Å². The topological polar surface area (TPSA) is 41.5 Å². The molecule has 0 bridgehead atoms. The van der Waals surface area contributed by atoms with Crippen molar-refractivity contribution in [2.75, 3.05) is 0 Å². The molecule has 0 aliphatic heterocycles. The van der Waals surface area contributed by atoms with E-state index in [9.17, 15) is 9.18 Å². The van der Waals surface area contributed by atoms with Gasteiger partial charge in [0, 0.05) is 12.0 Å². The molecule has 0 spiro atoms. The van der Waals surface area contributed by atoms with Gasteiger partial charge in [-0.3, -0.25) is 4.79 Å². The number of benzene rings is 1. The summed E-state index contributed by atoms with van der Waals surface area (Å²) in [5.74, 6) is -0.460. The molecule has 116 valence electrons. The average molecular weight is 292 g/mol. The third kappa shape index (κ3) is 8.23. The number of nitrogens with zero attached hydrogens (tertiary/aromatic N) is 1. The summed E-state index contributed by atoms with van der Waals surface area (Å²) >= 11 is 0. The van der Waals surface area contributed by atoms with Crippen molar-refractivity contribution in [2.24, 2.45) is 5.10 Å². The summed E-state index contributed by atoms with van der Waals surface area (Å²) in [5.41, 5.74) is 2.80. The highest BCUT2D eigenvalue weighted by molar-refractivity contribution is 5.82. The van der Waals surface area contributed by atoms with Crippen LogP contribution >= 0.6 is 0 Å². The van der Waals surface area contributed by atoms with Gasteiger partial charge in [-0.2, -0.15) is 5.10 Å². The quantitative estimate of drug-likeness (QED) is 0.387. The first-order valence-electron chi connectivity index (χ1n) is 7.80. The lowest BCUT2D eigenvalue weighted by atomic mass is 10.1. The van der Waals surface area contributed by atoms with Crippen LogP contribution in [-0.2, 0) is 4.79 Å². The maximum absolute atomic E-state index is 13.3. The van der Waals surface area contributed by atoms with Gasteiger partial charge in [-0.15, -0.1) is 0 Å². The second-order valence-electron chi connectivity index (χ2n) is 5.19. The molecule has 1 aromatic carbocycles. The molecule has 0 saturated heterocycles. The fourth-order valence-electron chi connectivity index (χ4n) is 2.05. The van der Waals surface area contributed by atoms with Crippen LogP contribution in [0.2, 0.25) is 0 Å². The molecule has 1 aromatic rings. The van der Waals surface area contributed by atoms with Gasteiger partial charge in [0.05, 0.1) is 6.21 Å². The van der Waals surface area contributed by atoms with Crippen molar-refractivity contribution in [3.63, 3.8) is 0 Å². The summed E-state index contributed by atoms with van der Waals surface area (Å²) < 4.78 is 13.3. The zero-order valence-corrected chi connectivity index (χ0v) is 12.8. The summed E-state index contributed by atoms with van der Waals surface area (Å²) in [5, 5.41) is 3.78. The van der Waals surface area contributed by atoms with Crippen LogP contribution in [0, 0.1) is 5.82 Å². The summed E-state index contributed by atoms with van der Waals surface area (Å²) in [6.45, 7) is 2.20. The number of hydrazone groups is 1. The highest BCUT2D eigenvalue weighted by Crippen LogP contribution is 2.08. The van der Waals surface area contributed by atoms with Crippen molar-refractivity contribution >= 4 is 12.1 Å². The average Bonchev–Trinajstić information content (AvgIpc) is 2.48. The summed E-state index contributed by atoms with van der Waals surface area (Å²) in [4.78, 5) is 11.5. The fraction of sp³-hybridized carbons (Fsp3) is 0.529. The fourth-order valence-corrected chi connectivity index (χ4v) is 2.05. The SMILES string of the molecule is CCCCCCCCCC(=O)NN=Cc1ccccc1F. The zero-order chi connectivity index (χ0) is 15.3. The summed E-state index contributed by atoms with van der Waals surface area (Å²) in [6, 6.07) is 6.32. The smallest absolute Gasteiger partial charge is 0.240 e. The second-order valence-corrected chi connectivity index (χ2v) is 5.19. The standard InChI is InChI=1S/C17H25FN2O/c1-2-3-4-5-6-7-8-13-17(21)20-19-14-15-11-9-10-12-16(15)18/h9-12,14H,2-8,13H2,1H3,(H,20,21). The molecule has 3 nitrogen and oxygen atoms in total. The van der Waals surface area contributed by atoms with Crippen LogP contribution in [0.3, 0.4) is 0 Å². The van der Waals surface area contributed by atoms with Crippen molar-refractivity contribution in [2.45, 2.75) is 58.3 Å². The van der Waals surface area contributed by atoms with E-state index in [4.69, 9.17) is 0 Å². The van der Waals surface area contributed by atoms with E-state index in [0.717, 1.165) is 12.8 Å². The lowest BCUT2D eigenvalue weighted by Crippen LogP contribution is -2.17. The number of amides is 1. The van der Waals surface area contributed by atoms with Crippen molar-refractivity contribution < 1.29 is 9.18 Å². The molecule has 0 saturated carbocycles. The van der Waals surface area contributed by atoms with Gasteiger partial charge in [-0.1, -0.05) is 63.6 Å². The lowest BCUT2D eigenvalue weighted by molar-refractivity contribution is -0.121. The molecule has 0 radical (unpaired) electrons. The van der Waals surface area contributed by atoms with E-state index in [1.807, 2.05) is 0 Å². The minimum absolute atomic E-state index is 0.115. The Morgan fingerprint density at radius 2 is 1.81 bits per heavy atom. The monoisotopic (exact) mass is 292 g/mol. The minimum Gasteiger partial charge on any atom is -0.273 e. The molecule has 0 unspecified atom stereocenters. The van der Waals surface area contributed by atoms with Crippen molar-refractivity contribution in [3.8, 4) is 0 Å². The predicted molar refractivity (Wildman–Crippen MR) is 84.7 cm³/mol. The van der Waals surface area contributed by atoms with Gasteiger partial charge < -0.3 is 0 Å². The lowest BCUT2D eigenvalue weighted by Gasteiger charge is -2.01. The van der Waals surface area contributed by atoms with Gasteiger partial charge in [-0.05, 0) is 12.5 Å². The predicted octanol–water partition coefficient (Wildman–Crippen LogP) is 4.42. The van der Waals surface area contributed by atoms with Crippen LogP contribution in [0.5, 0.6) is 0 Å². The first kappa shape index (κ1) is 17.3. The number of carbonyl (C=O) groups excluding carboxylic acids is 1. The van der Waals surface area contributed by atoms with Crippen LogP contribution < -0.4 is 5.43 Å². The second kappa shape index (κ2) is 11.0. The normalized spacial score (nSPS) is 11.0. The zero-order valence-electron chi connectivity index (χ0n) is 12.8. The Morgan fingerprint density at radius 1 is 1.14 bits per heavy atom. The van der Waals surface area contributed by atoms with E-state index in [1.54, 1.807) is 18.2 Å². The van der Waals surface area contributed by atoms with Crippen LogP contribution in [0.4, 0.5) is 4.39 Å². The van der Waals surface area contributed by atoms with E-state index in [2.05, 4.69) is 17.5 Å². The van der Waals surface area contributed by atoms with Gasteiger partial charge in [0.2, 0.25) is 5.91 Å². The molecular formula is C17H25FN2O. The van der Waals surface area contributed by atoms with E-state index >= 15 is 0 Å². The Balaban J connectivity index is 2.10. The minimum atomic E-state index is -0.345. The van der Waals surface area contributed by atoms with Crippen molar-refractivity contribution in [3.05, 3.63) is 35.6 Å². The molecule has 1 rings (SSSR count).